The van der Waals surface area contributed by atoms with Crippen LogP contribution in [0.3, 0.4) is 0 Å². The summed E-state index contributed by atoms with van der Waals surface area (Å²) in [5.74, 6) is 0.783. The Morgan fingerprint density at radius 1 is 1.29 bits per heavy atom. The zero-order chi connectivity index (χ0) is 10.6. The molecule has 1 aliphatic heterocycles. The molecule has 0 bridgehead atoms. The molecule has 0 radical (unpaired) electrons. The monoisotopic (exact) mass is 216 g/mol. The van der Waals surface area contributed by atoms with E-state index >= 15 is 0 Å². The number of quaternary nitrogens is 1. The minimum atomic E-state index is -2.78. The van der Waals surface area contributed by atoms with E-state index in [1.807, 2.05) is 0 Å². The standard InChI is InChI=1S/C10H18NO2S/c1-11(2,3)9-6-4-5-8-7-14(12,13)10(8)9/h4,6,8-10H,5,7H2,1-3H3/q+1/t8-,9-,10-/m1/s1. The van der Waals surface area contributed by atoms with E-state index in [-0.39, 0.29) is 11.3 Å². The van der Waals surface area contributed by atoms with Crippen molar-refractivity contribution in [2.45, 2.75) is 17.7 Å². The molecule has 2 rings (SSSR count). The SMILES string of the molecule is C[N+](C)(C)[C@@H]1C=CC[C@@H]2CS(=O)(=O)[C@H]21. The van der Waals surface area contributed by atoms with Crippen molar-refractivity contribution >= 4 is 9.84 Å². The zero-order valence-corrected chi connectivity index (χ0v) is 9.79. The van der Waals surface area contributed by atoms with Gasteiger partial charge in [-0.15, -0.1) is 0 Å². The third-order valence-corrected chi connectivity index (χ3v) is 5.71. The van der Waals surface area contributed by atoms with Crippen LogP contribution >= 0.6 is 0 Å². The van der Waals surface area contributed by atoms with Gasteiger partial charge in [0.15, 0.2) is 9.84 Å². The van der Waals surface area contributed by atoms with Gasteiger partial charge in [-0.1, -0.05) is 6.08 Å². The molecule has 0 N–H and O–H groups in total. The van der Waals surface area contributed by atoms with Crippen molar-refractivity contribution in [3.05, 3.63) is 12.2 Å². The second kappa shape index (κ2) is 2.83. The predicted octanol–water partition coefficient (Wildman–Crippen LogP) is 0.434. The number of sulfone groups is 1. The van der Waals surface area contributed by atoms with Gasteiger partial charge in [0.1, 0.15) is 11.3 Å². The lowest BCUT2D eigenvalue weighted by Crippen LogP contribution is -2.63. The molecule has 14 heavy (non-hydrogen) atoms. The highest BCUT2D eigenvalue weighted by Crippen LogP contribution is 2.39. The summed E-state index contributed by atoms with van der Waals surface area (Å²) < 4.78 is 24.0. The van der Waals surface area contributed by atoms with E-state index in [1.54, 1.807) is 0 Å². The molecule has 0 aromatic rings. The van der Waals surface area contributed by atoms with Gasteiger partial charge in [-0.3, -0.25) is 0 Å². The Labute approximate surface area is 85.9 Å². The summed E-state index contributed by atoms with van der Waals surface area (Å²) in [4.78, 5) is 0. The molecule has 0 saturated carbocycles. The molecule has 1 saturated heterocycles. The summed E-state index contributed by atoms with van der Waals surface area (Å²) in [6.07, 6.45) is 5.17. The highest BCUT2D eigenvalue weighted by atomic mass is 32.2. The first kappa shape index (κ1) is 10.2. The molecule has 0 aromatic heterocycles. The highest BCUT2D eigenvalue weighted by molar-refractivity contribution is 7.93. The van der Waals surface area contributed by atoms with E-state index in [0.717, 1.165) is 6.42 Å². The van der Waals surface area contributed by atoms with Crippen molar-refractivity contribution in [2.24, 2.45) is 5.92 Å². The Hall–Kier alpha value is -0.350. The molecule has 1 aliphatic carbocycles. The van der Waals surface area contributed by atoms with Crippen LogP contribution in [0.15, 0.2) is 12.2 Å². The van der Waals surface area contributed by atoms with Crippen LogP contribution in [0.1, 0.15) is 6.42 Å². The lowest BCUT2D eigenvalue weighted by Gasteiger charge is -2.47. The number of hydrogen-bond acceptors (Lipinski definition) is 2. The maximum absolute atomic E-state index is 11.7. The van der Waals surface area contributed by atoms with Crippen LogP contribution in [-0.4, -0.2) is 51.1 Å². The normalized spacial score (nSPS) is 40.1. The van der Waals surface area contributed by atoms with E-state index in [1.165, 1.54) is 0 Å². The molecule has 1 fully saturated rings. The van der Waals surface area contributed by atoms with Gasteiger partial charge in [-0.05, 0) is 18.4 Å². The van der Waals surface area contributed by atoms with Crippen molar-refractivity contribution in [3.8, 4) is 0 Å². The fourth-order valence-electron chi connectivity index (χ4n) is 2.57. The second-order valence-electron chi connectivity index (χ2n) is 5.32. The minimum absolute atomic E-state index is 0.118. The van der Waals surface area contributed by atoms with E-state index in [9.17, 15) is 8.42 Å². The average Bonchev–Trinajstić information content (AvgIpc) is 2.00. The molecule has 0 unspecified atom stereocenters. The topological polar surface area (TPSA) is 34.1 Å². The summed E-state index contributed by atoms with van der Waals surface area (Å²) >= 11 is 0. The maximum Gasteiger partial charge on any atom is 0.159 e. The first-order valence-electron chi connectivity index (χ1n) is 5.02. The fourth-order valence-corrected chi connectivity index (χ4v) is 5.05. The molecule has 2 aliphatic rings. The second-order valence-corrected chi connectivity index (χ2v) is 7.53. The van der Waals surface area contributed by atoms with Crippen LogP contribution in [-0.2, 0) is 9.84 Å². The fraction of sp³-hybridized carbons (Fsp3) is 0.800. The van der Waals surface area contributed by atoms with Crippen LogP contribution < -0.4 is 0 Å². The van der Waals surface area contributed by atoms with E-state index in [2.05, 4.69) is 33.3 Å². The van der Waals surface area contributed by atoms with Crippen molar-refractivity contribution in [3.63, 3.8) is 0 Å². The van der Waals surface area contributed by atoms with E-state index in [4.69, 9.17) is 0 Å². The van der Waals surface area contributed by atoms with Gasteiger partial charge in [0.25, 0.3) is 0 Å². The summed E-state index contributed by atoms with van der Waals surface area (Å²) in [5, 5.41) is -0.118. The number of rotatable bonds is 1. The van der Waals surface area contributed by atoms with Crippen LogP contribution in [0.4, 0.5) is 0 Å². The van der Waals surface area contributed by atoms with Crippen molar-refractivity contribution in [2.75, 3.05) is 26.9 Å². The summed E-state index contributed by atoms with van der Waals surface area (Å²) in [5.41, 5.74) is 0. The van der Waals surface area contributed by atoms with Gasteiger partial charge in [-0.2, -0.15) is 0 Å². The molecular formula is C10H18NO2S+. The third kappa shape index (κ3) is 1.41. The van der Waals surface area contributed by atoms with Crippen molar-refractivity contribution < 1.29 is 12.9 Å². The van der Waals surface area contributed by atoms with Gasteiger partial charge in [0.2, 0.25) is 0 Å². The number of nitrogens with zero attached hydrogens (tertiary/aromatic N) is 1. The van der Waals surface area contributed by atoms with Crippen LogP contribution in [0.2, 0.25) is 0 Å². The van der Waals surface area contributed by atoms with E-state index in [0.29, 0.717) is 16.2 Å². The van der Waals surface area contributed by atoms with Crippen molar-refractivity contribution in [1.82, 2.24) is 0 Å². The number of fused-ring (bicyclic) bond motifs is 1. The summed E-state index contributed by atoms with van der Waals surface area (Å²) in [6, 6.07) is 0.146. The molecule has 0 amide bonds. The lowest BCUT2D eigenvalue weighted by molar-refractivity contribution is -0.889. The Morgan fingerprint density at radius 3 is 2.36 bits per heavy atom. The van der Waals surface area contributed by atoms with Gasteiger partial charge >= 0.3 is 0 Å². The first-order valence-corrected chi connectivity index (χ1v) is 6.73. The molecular weight excluding hydrogens is 198 g/mol. The van der Waals surface area contributed by atoms with Crippen LogP contribution in [0.25, 0.3) is 0 Å². The third-order valence-electron chi connectivity index (χ3n) is 3.33. The predicted molar refractivity (Wildman–Crippen MR) is 56.6 cm³/mol. The minimum Gasteiger partial charge on any atom is -0.324 e. The largest absolute Gasteiger partial charge is 0.324 e. The summed E-state index contributed by atoms with van der Waals surface area (Å²) in [7, 11) is 3.40. The molecule has 0 spiro atoms. The summed E-state index contributed by atoms with van der Waals surface area (Å²) in [6.45, 7) is 0. The molecule has 4 heteroatoms. The molecule has 3 atom stereocenters. The smallest absolute Gasteiger partial charge is 0.159 e. The zero-order valence-electron chi connectivity index (χ0n) is 8.97. The van der Waals surface area contributed by atoms with Crippen LogP contribution in [0, 0.1) is 5.92 Å². The average molecular weight is 216 g/mol. The van der Waals surface area contributed by atoms with Crippen LogP contribution in [0.5, 0.6) is 0 Å². The van der Waals surface area contributed by atoms with Gasteiger partial charge in [-0.25, -0.2) is 8.42 Å². The Balaban J connectivity index is 2.33. The van der Waals surface area contributed by atoms with Gasteiger partial charge in [0, 0.05) is 0 Å². The highest BCUT2D eigenvalue weighted by Gasteiger charge is 2.54. The number of hydrogen-bond donors (Lipinski definition) is 0. The van der Waals surface area contributed by atoms with Crippen molar-refractivity contribution in [1.29, 1.82) is 0 Å². The Morgan fingerprint density at radius 2 is 1.93 bits per heavy atom. The van der Waals surface area contributed by atoms with Gasteiger partial charge < -0.3 is 4.48 Å². The Kier molecular flexibility index (Phi) is 2.05. The molecule has 0 aromatic carbocycles. The molecule has 3 nitrogen and oxygen atoms in total. The van der Waals surface area contributed by atoms with E-state index < -0.39 is 9.84 Å². The number of allylic oxidation sites excluding steroid dienone is 1. The maximum atomic E-state index is 11.7. The molecule has 1 heterocycles. The number of likely N-dealkylation sites (N-methyl/N-ethyl adjacent to an activating group) is 1. The first-order chi connectivity index (χ1) is 6.32. The van der Waals surface area contributed by atoms with Gasteiger partial charge in [0.05, 0.1) is 26.9 Å². The Bertz CT molecular complexity index is 364. The molecule has 80 valence electrons. The quantitative estimate of drug-likeness (QED) is 0.471. The lowest BCUT2D eigenvalue weighted by atomic mass is 9.89.